The molecule has 0 aliphatic carbocycles. The molecule has 15 heteroatoms. The Hall–Kier alpha value is -3.85. The Morgan fingerprint density at radius 1 is 0.815 bits per heavy atom. The van der Waals surface area contributed by atoms with E-state index in [0.29, 0.717) is 56.9 Å². The van der Waals surface area contributed by atoms with Gasteiger partial charge in [-0.25, -0.2) is 4.79 Å². The lowest BCUT2D eigenvalue weighted by Crippen LogP contribution is -2.43. The number of benzene rings is 1. The Kier molecular flexibility index (Phi) is 20.8. The fourth-order valence-corrected chi connectivity index (χ4v) is 8.43. The maximum Gasteiger partial charge on any atom is 0.315 e. The molecule has 54 heavy (non-hydrogen) atoms. The molecular formula is C39H63N7O7S. The summed E-state index contributed by atoms with van der Waals surface area (Å²) in [6.07, 6.45) is 10.5. The van der Waals surface area contributed by atoms with Crippen molar-refractivity contribution in [3.05, 3.63) is 29.8 Å². The third-order valence-corrected chi connectivity index (χ3v) is 11.6. The van der Waals surface area contributed by atoms with Crippen LogP contribution in [0.3, 0.4) is 0 Å². The molecule has 0 aromatic heterocycles. The maximum atomic E-state index is 13.5. The van der Waals surface area contributed by atoms with E-state index in [0.717, 1.165) is 69.2 Å². The molecule has 0 radical (unpaired) electrons. The Bertz CT molecular complexity index is 1350. The first-order valence-corrected chi connectivity index (χ1v) is 20.9. The first kappa shape index (κ1) is 44.5. The lowest BCUT2D eigenvalue weighted by atomic mass is 9.90. The number of nitrogens with one attached hydrogen (secondary N) is 6. The van der Waals surface area contributed by atoms with Crippen LogP contribution < -0.4 is 37.6 Å². The van der Waals surface area contributed by atoms with E-state index in [1.165, 1.54) is 12.1 Å². The van der Waals surface area contributed by atoms with E-state index in [2.05, 4.69) is 31.9 Å². The van der Waals surface area contributed by atoms with Gasteiger partial charge in [0.05, 0.1) is 18.1 Å². The number of hydrogen-bond acceptors (Lipinski definition) is 9. The zero-order valence-electron chi connectivity index (χ0n) is 31.9. The first-order valence-electron chi connectivity index (χ1n) is 19.8. The standard InChI is InChI=1S/C39H63N7O7S/c1-41-21-9-2-4-14-34(49)42-22-10-3-5-16-36(51)44-30(24-27-17-19-29(47)20-18-27)32(48)25-28(38(40)52)12-8-11-23-43-35(50)15-7-6-13-33-37-31(26-54-33)45-39(53)46-37/h17-20,28,30-31,33,37,41,47H,2-16,21-26H2,1H3,(H2,40,52)(H,42,49)(H,43,50)(H,44,51)(H2,45,46,53)/t28?,30-,31?,33?,37?/m0/s1. The highest BCUT2D eigenvalue weighted by Gasteiger charge is 2.42. The van der Waals surface area contributed by atoms with Crippen molar-refractivity contribution in [3.8, 4) is 5.75 Å². The van der Waals surface area contributed by atoms with Crippen molar-refractivity contribution in [2.45, 2.75) is 133 Å². The smallest absolute Gasteiger partial charge is 0.315 e. The van der Waals surface area contributed by atoms with Crippen LogP contribution in [0.4, 0.5) is 4.79 Å². The molecular weight excluding hydrogens is 711 g/mol. The summed E-state index contributed by atoms with van der Waals surface area (Å²) in [6.45, 7) is 1.97. The van der Waals surface area contributed by atoms with Crippen molar-refractivity contribution in [3.63, 3.8) is 0 Å². The molecule has 9 N–H and O–H groups in total. The fourth-order valence-electron chi connectivity index (χ4n) is 6.88. The summed E-state index contributed by atoms with van der Waals surface area (Å²) in [5, 5.41) is 27.8. The molecule has 2 aliphatic heterocycles. The van der Waals surface area contributed by atoms with Gasteiger partial charge in [0.1, 0.15) is 5.75 Å². The number of rotatable bonds is 29. The highest BCUT2D eigenvalue weighted by atomic mass is 32.2. The molecule has 0 bridgehead atoms. The number of unbranched alkanes of at least 4 members (excludes halogenated alkanes) is 6. The molecule has 0 spiro atoms. The van der Waals surface area contributed by atoms with E-state index in [4.69, 9.17) is 5.73 Å². The number of hydrogen-bond donors (Lipinski definition) is 8. The molecule has 5 atom stereocenters. The van der Waals surface area contributed by atoms with Crippen LogP contribution >= 0.6 is 11.8 Å². The minimum atomic E-state index is -0.863. The van der Waals surface area contributed by atoms with E-state index in [1.54, 1.807) is 12.1 Å². The van der Waals surface area contributed by atoms with E-state index in [9.17, 15) is 33.9 Å². The van der Waals surface area contributed by atoms with Gasteiger partial charge in [-0.15, -0.1) is 0 Å². The van der Waals surface area contributed by atoms with E-state index in [1.807, 2.05) is 18.8 Å². The summed E-state index contributed by atoms with van der Waals surface area (Å²) in [6, 6.07) is 5.83. The van der Waals surface area contributed by atoms with Crippen LogP contribution in [0.2, 0.25) is 0 Å². The van der Waals surface area contributed by atoms with Gasteiger partial charge in [0, 0.05) is 55.7 Å². The minimum Gasteiger partial charge on any atom is -0.508 e. The summed E-state index contributed by atoms with van der Waals surface area (Å²) in [5.41, 5.74) is 6.45. The van der Waals surface area contributed by atoms with Gasteiger partial charge in [-0.3, -0.25) is 24.0 Å². The number of primary amides is 1. The second-order valence-electron chi connectivity index (χ2n) is 14.5. The van der Waals surface area contributed by atoms with Crippen LogP contribution in [-0.2, 0) is 30.4 Å². The number of nitrogens with two attached hydrogens (primary N) is 1. The maximum absolute atomic E-state index is 13.5. The zero-order chi connectivity index (χ0) is 39.1. The van der Waals surface area contributed by atoms with E-state index >= 15 is 0 Å². The number of carbonyl (C=O) groups excluding carboxylic acids is 6. The molecule has 2 aliphatic rings. The number of carbonyl (C=O) groups is 6. The Balaban J connectivity index is 1.34. The Morgan fingerprint density at radius 3 is 2.07 bits per heavy atom. The second-order valence-corrected chi connectivity index (χ2v) is 15.8. The quantitative estimate of drug-likeness (QED) is 0.0443. The number of aromatic hydroxyl groups is 1. The van der Waals surface area contributed by atoms with Gasteiger partial charge in [0.25, 0.3) is 0 Å². The molecule has 3 rings (SSSR count). The predicted molar refractivity (Wildman–Crippen MR) is 211 cm³/mol. The largest absolute Gasteiger partial charge is 0.508 e. The second kappa shape index (κ2) is 25.3. The van der Waals surface area contributed by atoms with E-state index < -0.39 is 17.9 Å². The van der Waals surface area contributed by atoms with Crippen LogP contribution in [0.1, 0.15) is 108 Å². The summed E-state index contributed by atoms with van der Waals surface area (Å²) < 4.78 is 0. The molecule has 0 saturated carbocycles. The molecule has 14 nitrogen and oxygen atoms in total. The molecule has 2 heterocycles. The minimum absolute atomic E-state index is 0.0224. The summed E-state index contributed by atoms with van der Waals surface area (Å²) >= 11 is 1.87. The summed E-state index contributed by atoms with van der Waals surface area (Å²) in [7, 11) is 1.91. The van der Waals surface area contributed by atoms with Gasteiger partial charge in [0.2, 0.25) is 23.6 Å². The fraction of sp³-hybridized carbons (Fsp3) is 0.692. The number of ketones is 1. The normalized spacial score (nSPS) is 18.5. The topological polar surface area (TPSA) is 221 Å². The number of amides is 6. The monoisotopic (exact) mass is 773 g/mol. The average Bonchev–Trinajstić information content (AvgIpc) is 3.70. The highest BCUT2D eigenvalue weighted by Crippen LogP contribution is 2.33. The highest BCUT2D eigenvalue weighted by molar-refractivity contribution is 8.00. The first-order chi connectivity index (χ1) is 26.0. The van der Waals surface area contributed by atoms with Crippen molar-refractivity contribution >= 4 is 47.2 Å². The molecule has 2 saturated heterocycles. The lowest BCUT2D eigenvalue weighted by Gasteiger charge is -2.21. The van der Waals surface area contributed by atoms with Crippen LogP contribution in [0.15, 0.2) is 24.3 Å². The molecule has 2 fully saturated rings. The van der Waals surface area contributed by atoms with Gasteiger partial charge in [-0.1, -0.05) is 37.8 Å². The number of urea groups is 1. The molecule has 1 aromatic carbocycles. The van der Waals surface area contributed by atoms with Crippen LogP contribution in [0.5, 0.6) is 5.75 Å². The Labute approximate surface area is 324 Å². The van der Waals surface area contributed by atoms with Crippen molar-refractivity contribution in [1.29, 1.82) is 0 Å². The molecule has 6 amide bonds. The third-order valence-electron chi connectivity index (χ3n) is 10.1. The van der Waals surface area contributed by atoms with Crippen molar-refractivity contribution in [2.75, 3.05) is 32.4 Å². The Morgan fingerprint density at radius 2 is 1.43 bits per heavy atom. The van der Waals surface area contributed by atoms with Crippen molar-refractivity contribution in [1.82, 2.24) is 31.9 Å². The number of Topliss-reactive ketones (excluding diaryl/α,β-unsaturated/α-hetero) is 1. The SMILES string of the molecule is CNCCCCCC(=O)NCCCCCC(=O)N[C@@H](Cc1ccc(O)cc1)C(=O)CC(CCCCNC(=O)CCCCC1SCC2NC(=O)NC21)C(N)=O. The lowest BCUT2D eigenvalue weighted by molar-refractivity contribution is -0.130. The van der Waals surface area contributed by atoms with Gasteiger partial charge < -0.3 is 42.7 Å². The third kappa shape index (κ3) is 17.5. The van der Waals surface area contributed by atoms with Crippen LogP contribution in [-0.4, -0.2) is 96.4 Å². The predicted octanol–water partition coefficient (Wildman–Crippen LogP) is 2.95. The van der Waals surface area contributed by atoms with Crippen LogP contribution in [0, 0.1) is 5.92 Å². The summed E-state index contributed by atoms with van der Waals surface area (Å²) in [5.74, 6) is -0.817. The van der Waals surface area contributed by atoms with E-state index in [-0.39, 0.29) is 66.6 Å². The number of thioether (sulfide) groups is 1. The summed E-state index contributed by atoms with van der Waals surface area (Å²) in [4.78, 5) is 74.8. The average molecular weight is 774 g/mol. The number of phenols is 1. The zero-order valence-corrected chi connectivity index (χ0v) is 32.7. The number of fused-ring (bicyclic) bond motifs is 1. The molecule has 1 aromatic rings. The van der Waals surface area contributed by atoms with Crippen molar-refractivity contribution in [2.24, 2.45) is 11.7 Å². The van der Waals surface area contributed by atoms with Crippen LogP contribution in [0.25, 0.3) is 0 Å². The van der Waals surface area contributed by atoms with Gasteiger partial charge in [0.15, 0.2) is 5.78 Å². The molecule has 4 unspecified atom stereocenters. The number of phenolic OH excluding ortho intramolecular Hbond substituents is 1. The molecule has 302 valence electrons. The van der Waals surface area contributed by atoms with Crippen molar-refractivity contribution < 1.29 is 33.9 Å². The van der Waals surface area contributed by atoms with Gasteiger partial charge in [-0.05, 0) is 89.1 Å². The van der Waals surface area contributed by atoms with Gasteiger partial charge in [-0.2, -0.15) is 11.8 Å². The van der Waals surface area contributed by atoms with Gasteiger partial charge >= 0.3 is 6.03 Å².